The van der Waals surface area contributed by atoms with Crippen LogP contribution in [0, 0.1) is 12.7 Å². The number of aliphatic hydroxyl groups excluding tert-OH is 1. The van der Waals surface area contributed by atoms with Gasteiger partial charge in [0.15, 0.2) is 0 Å². The molecule has 1 rings (SSSR count). The van der Waals surface area contributed by atoms with E-state index in [1.807, 2.05) is 0 Å². The Morgan fingerprint density at radius 1 is 1.37 bits per heavy atom. The van der Waals surface area contributed by atoms with Crippen molar-refractivity contribution in [3.05, 3.63) is 35.1 Å². The Bertz CT molecular complexity index is 460. The lowest BCUT2D eigenvalue weighted by atomic mass is 10.1. The standard InChI is InChI=1S/C12H13F4NO2/c1-8-2-3-9(10(13)6-8)11(19)17(4-5-18)7-12(14,15)16/h2-3,6,18H,4-5,7H2,1H3. The van der Waals surface area contributed by atoms with E-state index in [0.717, 1.165) is 12.1 Å². The zero-order valence-electron chi connectivity index (χ0n) is 10.2. The van der Waals surface area contributed by atoms with Crippen LogP contribution in [-0.2, 0) is 0 Å². The van der Waals surface area contributed by atoms with E-state index in [4.69, 9.17) is 5.11 Å². The van der Waals surface area contributed by atoms with E-state index in [1.54, 1.807) is 6.92 Å². The predicted octanol–water partition coefficient (Wildman–Crippen LogP) is 2.13. The molecule has 0 heterocycles. The Balaban J connectivity index is 2.99. The highest BCUT2D eigenvalue weighted by Gasteiger charge is 2.33. The number of benzene rings is 1. The second kappa shape index (κ2) is 6.01. The molecule has 3 nitrogen and oxygen atoms in total. The largest absolute Gasteiger partial charge is 0.406 e. The summed E-state index contributed by atoms with van der Waals surface area (Å²) in [5.41, 5.74) is 0.113. The summed E-state index contributed by atoms with van der Waals surface area (Å²) in [6, 6.07) is 3.63. The van der Waals surface area contributed by atoms with Gasteiger partial charge in [-0.3, -0.25) is 4.79 Å². The number of rotatable bonds is 4. The summed E-state index contributed by atoms with van der Waals surface area (Å²) >= 11 is 0. The van der Waals surface area contributed by atoms with Crippen LogP contribution in [-0.4, -0.2) is 41.8 Å². The number of carbonyl (C=O) groups excluding carboxylic acids is 1. The zero-order valence-corrected chi connectivity index (χ0v) is 10.2. The Kier molecular flexibility index (Phi) is 4.88. The summed E-state index contributed by atoms with van der Waals surface area (Å²) in [7, 11) is 0. The van der Waals surface area contributed by atoms with E-state index < -0.39 is 43.2 Å². The maximum atomic E-state index is 13.5. The van der Waals surface area contributed by atoms with Gasteiger partial charge in [0.05, 0.1) is 12.2 Å². The second-order valence-corrected chi connectivity index (χ2v) is 4.05. The lowest BCUT2D eigenvalue weighted by molar-refractivity contribution is -0.141. The van der Waals surface area contributed by atoms with E-state index in [2.05, 4.69) is 0 Å². The Morgan fingerprint density at radius 2 is 2.00 bits per heavy atom. The zero-order chi connectivity index (χ0) is 14.6. The molecule has 106 valence electrons. The fourth-order valence-corrected chi connectivity index (χ4v) is 1.55. The van der Waals surface area contributed by atoms with Gasteiger partial charge in [0.25, 0.3) is 5.91 Å². The molecule has 0 aromatic heterocycles. The average molecular weight is 279 g/mol. The molecule has 1 amide bonds. The summed E-state index contributed by atoms with van der Waals surface area (Å²) in [6.45, 7) is -1.07. The van der Waals surface area contributed by atoms with E-state index in [9.17, 15) is 22.4 Å². The van der Waals surface area contributed by atoms with Crippen LogP contribution in [0.1, 0.15) is 15.9 Å². The van der Waals surface area contributed by atoms with Crippen molar-refractivity contribution in [2.75, 3.05) is 19.7 Å². The smallest absolute Gasteiger partial charge is 0.395 e. The first kappa shape index (κ1) is 15.4. The summed E-state index contributed by atoms with van der Waals surface area (Å²) in [6.07, 6.45) is -4.61. The van der Waals surface area contributed by atoms with Crippen molar-refractivity contribution in [1.29, 1.82) is 0 Å². The number of carbonyl (C=O) groups is 1. The molecule has 0 saturated carbocycles. The van der Waals surface area contributed by atoms with Gasteiger partial charge in [0.1, 0.15) is 12.4 Å². The molecule has 1 aromatic carbocycles. The number of halogens is 4. The highest BCUT2D eigenvalue weighted by molar-refractivity contribution is 5.94. The van der Waals surface area contributed by atoms with Crippen LogP contribution < -0.4 is 0 Å². The fraction of sp³-hybridized carbons (Fsp3) is 0.417. The monoisotopic (exact) mass is 279 g/mol. The van der Waals surface area contributed by atoms with Gasteiger partial charge in [-0.2, -0.15) is 13.2 Å². The maximum Gasteiger partial charge on any atom is 0.406 e. The number of hydrogen-bond donors (Lipinski definition) is 1. The molecular weight excluding hydrogens is 266 g/mol. The molecule has 19 heavy (non-hydrogen) atoms. The minimum atomic E-state index is -4.61. The van der Waals surface area contributed by atoms with Gasteiger partial charge in [-0.05, 0) is 24.6 Å². The van der Waals surface area contributed by atoms with Gasteiger partial charge in [-0.15, -0.1) is 0 Å². The lowest BCUT2D eigenvalue weighted by Gasteiger charge is -2.23. The quantitative estimate of drug-likeness (QED) is 0.858. The van der Waals surface area contributed by atoms with E-state index >= 15 is 0 Å². The van der Waals surface area contributed by atoms with E-state index in [0.29, 0.717) is 10.5 Å². The molecule has 7 heteroatoms. The number of hydrogen-bond acceptors (Lipinski definition) is 2. The molecule has 0 atom stereocenters. The van der Waals surface area contributed by atoms with Crippen molar-refractivity contribution >= 4 is 5.91 Å². The molecular formula is C12H13F4NO2. The molecule has 0 spiro atoms. The summed E-state index contributed by atoms with van der Waals surface area (Å²) in [4.78, 5) is 12.2. The van der Waals surface area contributed by atoms with Crippen molar-refractivity contribution in [2.24, 2.45) is 0 Å². The maximum absolute atomic E-state index is 13.5. The minimum absolute atomic E-state index is 0.369. The number of alkyl halides is 3. The number of nitrogens with zero attached hydrogens (tertiary/aromatic N) is 1. The molecule has 0 bridgehead atoms. The summed E-state index contributed by atoms with van der Waals surface area (Å²) < 4.78 is 50.4. The Morgan fingerprint density at radius 3 is 2.47 bits per heavy atom. The first-order chi connectivity index (χ1) is 8.74. The number of aliphatic hydroxyl groups is 1. The van der Waals surface area contributed by atoms with Gasteiger partial charge < -0.3 is 10.0 Å². The molecule has 1 aromatic rings. The van der Waals surface area contributed by atoms with Crippen LogP contribution in [0.4, 0.5) is 17.6 Å². The van der Waals surface area contributed by atoms with Gasteiger partial charge in [0.2, 0.25) is 0 Å². The van der Waals surface area contributed by atoms with Crippen LogP contribution in [0.25, 0.3) is 0 Å². The van der Waals surface area contributed by atoms with Crippen LogP contribution in [0.5, 0.6) is 0 Å². The van der Waals surface area contributed by atoms with Crippen molar-refractivity contribution in [2.45, 2.75) is 13.1 Å². The Hall–Kier alpha value is -1.63. The topological polar surface area (TPSA) is 40.5 Å². The molecule has 0 aliphatic heterocycles. The third-order valence-corrected chi connectivity index (χ3v) is 2.38. The van der Waals surface area contributed by atoms with Gasteiger partial charge in [0, 0.05) is 6.54 Å². The summed E-state index contributed by atoms with van der Waals surface area (Å²) in [5, 5.41) is 8.69. The third kappa shape index (κ3) is 4.51. The van der Waals surface area contributed by atoms with E-state index in [-0.39, 0.29) is 0 Å². The SMILES string of the molecule is Cc1ccc(C(=O)N(CCO)CC(F)(F)F)c(F)c1. The molecule has 0 aliphatic rings. The van der Waals surface area contributed by atoms with Crippen LogP contribution >= 0.6 is 0 Å². The highest BCUT2D eigenvalue weighted by atomic mass is 19.4. The average Bonchev–Trinajstić information content (AvgIpc) is 2.26. The van der Waals surface area contributed by atoms with Gasteiger partial charge in [-0.1, -0.05) is 6.07 Å². The lowest BCUT2D eigenvalue weighted by Crippen LogP contribution is -2.41. The molecule has 0 unspecified atom stereocenters. The van der Waals surface area contributed by atoms with Crippen molar-refractivity contribution < 1.29 is 27.5 Å². The number of aryl methyl sites for hydroxylation is 1. The van der Waals surface area contributed by atoms with E-state index in [1.165, 1.54) is 6.07 Å². The second-order valence-electron chi connectivity index (χ2n) is 4.05. The van der Waals surface area contributed by atoms with Crippen LogP contribution in [0.15, 0.2) is 18.2 Å². The molecule has 0 saturated heterocycles. The molecule has 0 radical (unpaired) electrons. The predicted molar refractivity (Wildman–Crippen MR) is 60.2 cm³/mol. The molecule has 0 fully saturated rings. The number of amides is 1. The molecule has 0 aliphatic carbocycles. The molecule has 1 N–H and O–H groups in total. The van der Waals surface area contributed by atoms with Crippen LogP contribution in [0.2, 0.25) is 0 Å². The third-order valence-electron chi connectivity index (χ3n) is 2.38. The Labute approximate surface area is 107 Å². The van der Waals surface area contributed by atoms with Gasteiger partial charge >= 0.3 is 6.18 Å². The van der Waals surface area contributed by atoms with Crippen molar-refractivity contribution in [3.8, 4) is 0 Å². The van der Waals surface area contributed by atoms with Crippen molar-refractivity contribution in [3.63, 3.8) is 0 Å². The van der Waals surface area contributed by atoms with Crippen LogP contribution in [0.3, 0.4) is 0 Å². The normalized spacial score (nSPS) is 11.5. The minimum Gasteiger partial charge on any atom is -0.395 e. The first-order valence-electron chi connectivity index (χ1n) is 5.47. The van der Waals surface area contributed by atoms with Gasteiger partial charge in [-0.25, -0.2) is 4.39 Å². The summed E-state index contributed by atoms with van der Waals surface area (Å²) in [5.74, 6) is -1.97. The van der Waals surface area contributed by atoms with Crippen molar-refractivity contribution in [1.82, 2.24) is 4.90 Å². The fourth-order valence-electron chi connectivity index (χ4n) is 1.55. The first-order valence-corrected chi connectivity index (χ1v) is 5.47. The highest BCUT2D eigenvalue weighted by Crippen LogP contribution is 2.19.